The minimum absolute atomic E-state index is 0.0940. The van der Waals surface area contributed by atoms with Crippen LogP contribution in [-0.4, -0.2) is 41.9 Å². The summed E-state index contributed by atoms with van der Waals surface area (Å²) in [5.41, 5.74) is 4.92. The maximum atomic E-state index is 13.1. The number of nitrogens with two attached hydrogens (primary N) is 1. The fourth-order valence-electron chi connectivity index (χ4n) is 1.63. The summed E-state index contributed by atoms with van der Waals surface area (Å²) in [6.07, 6.45) is -1.14. The second kappa shape index (κ2) is 4.35. The van der Waals surface area contributed by atoms with Gasteiger partial charge >= 0.3 is 6.09 Å². The van der Waals surface area contributed by atoms with Gasteiger partial charge in [0, 0.05) is 13.0 Å². The molecule has 0 aromatic rings. The molecule has 0 radical (unpaired) electrons. The molecule has 0 aromatic carbocycles. The maximum Gasteiger partial charge on any atom is 0.410 e. The van der Waals surface area contributed by atoms with Gasteiger partial charge in [-0.15, -0.1) is 0 Å². The van der Waals surface area contributed by atoms with Gasteiger partial charge in [-0.1, -0.05) is 0 Å². The summed E-state index contributed by atoms with van der Waals surface area (Å²) >= 11 is 0. The molecular formula is C10H19FN2O2. The Morgan fingerprint density at radius 1 is 1.60 bits per heavy atom. The Kier molecular flexibility index (Phi) is 3.54. The second-order valence-electron chi connectivity index (χ2n) is 4.86. The summed E-state index contributed by atoms with van der Waals surface area (Å²) in [5.74, 6) is 0. The van der Waals surface area contributed by atoms with E-state index in [2.05, 4.69) is 0 Å². The van der Waals surface area contributed by atoms with E-state index >= 15 is 0 Å². The molecule has 0 aromatic heterocycles. The highest BCUT2D eigenvalue weighted by atomic mass is 19.1. The molecule has 1 heterocycles. The molecule has 1 rings (SSSR count). The van der Waals surface area contributed by atoms with Gasteiger partial charge in [0.25, 0.3) is 0 Å². The fourth-order valence-corrected chi connectivity index (χ4v) is 1.63. The molecule has 1 fully saturated rings. The van der Waals surface area contributed by atoms with E-state index in [0.29, 0.717) is 6.42 Å². The number of amides is 1. The van der Waals surface area contributed by atoms with Crippen molar-refractivity contribution in [3.63, 3.8) is 0 Å². The predicted octanol–water partition coefficient (Wildman–Crippen LogP) is 1.29. The van der Waals surface area contributed by atoms with E-state index in [0.717, 1.165) is 0 Å². The average molecular weight is 218 g/mol. The minimum Gasteiger partial charge on any atom is -0.444 e. The van der Waals surface area contributed by atoms with Crippen molar-refractivity contribution in [1.29, 1.82) is 0 Å². The topological polar surface area (TPSA) is 55.6 Å². The lowest BCUT2D eigenvalue weighted by molar-refractivity contribution is 0.0224. The van der Waals surface area contributed by atoms with E-state index in [4.69, 9.17) is 10.5 Å². The van der Waals surface area contributed by atoms with E-state index in [1.807, 2.05) is 0 Å². The number of ether oxygens (including phenoxy) is 1. The lowest BCUT2D eigenvalue weighted by Gasteiger charge is -2.27. The van der Waals surface area contributed by atoms with E-state index < -0.39 is 17.9 Å². The monoisotopic (exact) mass is 218 g/mol. The van der Waals surface area contributed by atoms with Crippen molar-refractivity contribution in [3.05, 3.63) is 0 Å². The summed E-state index contributed by atoms with van der Waals surface area (Å²) in [4.78, 5) is 13.0. The summed E-state index contributed by atoms with van der Waals surface area (Å²) in [7, 11) is 0. The number of carbonyl (C=O) groups excluding carboxylic acids is 1. The molecule has 15 heavy (non-hydrogen) atoms. The van der Waals surface area contributed by atoms with Gasteiger partial charge in [-0.2, -0.15) is 0 Å². The summed E-state index contributed by atoms with van der Waals surface area (Å²) < 4.78 is 18.3. The number of alkyl halides is 1. The zero-order chi connectivity index (χ0) is 11.6. The number of rotatable bonds is 1. The van der Waals surface area contributed by atoms with Crippen LogP contribution in [0.3, 0.4) is 0 Å². The van der Waals surface area contributed by atoms with Crippen molar-refractivity contribution >= 4 is 6.09 Å². The Bertz CT molecular complexity index is 240. The number of hydrogen-bond donors (Lipinski definition) is 1. The number of halogens is 1. The molecule has 88 valence electrons. The van der Waals surface area contributed by atoms with E-state index in [1.165, 1.54) is 4.90 Å². The molecule has 0 bridgehead atoms. The van der Waals surface area contributed by atoms with Crippen molar-refractivity contribution in [3.8, 4) is 0 Å². The van der Waals surface area contributed by atoms with Crippen LogP contribution in [0.2, 0.25) is 0 Å². The molecule has 0 aliphatic carbocycles. The van der Waals surface area contributed by atoms with Crippen LogP contribution in [0.15, 0.2) is 0 Å². The third-order valence-corrected chi connectivity index (χ3v) is 2.26. The quantitative estimate of drug-likeness (QED) is 0.721. The Hall–Kier alpha value is -0.840. The van der Waals surface area contributed by atoms with Crippen LogP contribution >= 0.6 is 0 Å². The largest absolute Gasteiger partial charge is 0.444 e. The Morgan fingerprint density at radius 3 is 2.67 bits per heavy atom. The van der Waals surface area contributed by atoms with Crippen LogP contribution < -0.4 is 5.73 Å². The maximum absolute atomic E-state index is 13.1. The first-order valence-corrected chi connectivity index (χ1v) is 5.17. The molecule has 2 unspecified atom stereocenters. The standard InChI is InChI=1S/C10H19FN2O2/c1-10(2,3)15-9(14)13-6-7(11)4-8(13)5-12/h7-8H,4-6,12H2,1-3H3. The van der Waals surface area contributed by atoms with Gasteiger partial charge in [0.2, 0.25) is 0 Å². The molecule has 1 aliphatic rings. The molecule has 0 spiro atoms. The van der Waals surface area contributed by atoms with E-state index in [9.17, 15) is 9.18 Å². The first kappa shape index (κ1) is 12.2. The van der Waals surface area contributed by atoms with Gasteiger partial charge in [0.15, 0.2) is 0 Å². The van der Waals surface area contributed by atoms with Gasteiger partial charge in [-0.05, 0) is 20.8 Å². The summed E-state index contributed by atoms with van der Waals surface area (Å²) in [6, 6.07) is -0.227. The van der Waals surface area contributed by atoms with E-state index in [-0.39, 0.29) is 19.1 Å². The molecule has 2 atom stereocenters. The SMILES string of the molecule is CC(C)(C)OC(=O)N1CC(F)CC1CN. The van der Waals surface area contributed by atoms with Gasteiger partial charge < -0.3 is 15.4 Å². The van der Waals surface area contributed by atoms with Crippen LogP contribution in [0, 0.1) is 0 Å². The normalized spacial score (nSPS) is 26.9. The molecule has 5 heteroatoms. The molecule has 1 amide bonds. The van der Waals surface area contributed by atoms with Gasteiger partial charge in [0.1, 0.15) is 11.8 Å². The minimum atomic E-state index is -0.980. The molecular weight excluding hydrogens is 199 g/mol. The fraction of sp³-hybridized carbons (Fsp3) is 0.900. The highest BCUT2D eigenvalue weighted by Crippen LogP contribution is 2.22. The highest BCUT2D eigenvalue weighted by molar-refractivity contribution is 5.69. The van der Waals surface area contributed by atoms with Crippen molar-refractivity contribution in [2.45, 2.75) is 45.0 Å². The molecule has 2 N–H and O–H groups in total. The van der Waals surface area contributed by atoms with Crippen LogP contribution in [0.4, 0.5) is 9.18 Å². The van der Waals surface area contributed by atoms with E-state index in [1.54, 1.807) is 20.8 Å². The van der Waals surface area contributed by atoms with Gasteiger partial charge in [0.05, 0.1) is 12.6 Å². The highest BCUT2D eigenvalue weighted by Gasteiger charge is 2.36. The lowest BCUT2D eigenvalue weighted by atomic mass is 10.2. The Balaban J connectivity index is 2.59. The first-order chi connectivity index (χ1) is 6.83. The summed E-state index contributed by atoms with van der Waals surface area (Å²) in [6.45, 7) is 5.72. The van der Waals surface area contributed by atoms with Gasteiger partial charge in [-0.3, -0.25) is 0 Å². The first-order valence-electron chi connectivity index (χ1n) is 5.17. The van der Waals surface area contributed by atoms with Crippen LogP contribution in [-0.2, 0) is 4.74 Å². The second-order valence-corrected chi connectivity index (χ2v) is 4.86. The van der Waals surface area contributed by atoms with Crippen molar-refractivity contribution in [2.24, 2.45) is 5.73 Å². The number of nitrogens with zero attached hydrogens (tertiary/aromatic N) is 1. The number of hydrogen-bond acceptors (Lipinski definition) is 3. The smallest absolute Gasteiger partial charge is 0.410 e. The lowest BCUT2D eigenvalue weighted by Crippen LogP contribution is -2.43. The molecule has 4 nitrogen and oxygen atoms in total. The zero-order valence-electron chi connectivity index (χ0n) is 9.50. The van der Waals surface area contributed by atoms with Crippen molar-refractivity contribution in [1.82, 2.24) is 4.90 Å². The van der Waals surface area contributed by atoms with Gasteiger partial charge in [-0.25, -0.2) is 9.18 Å². The number of likely N-dealkylation sites (tertiary alicyclic amines) is 1. The Morgan fingerprint density at radius 2 is 2.20 bits per heavy atom. The Labute approximate surface area is 89.6 Å². The average Bonchev–Trinajstić information content (AvgIpc) is 2.43. The molecule has 0 saturated carbocycles. The number of carbonyl (C=O) groups is 1. The predicted molar refractivity (Wildman–Crippen MR) is 55.3 cm³/mol. The third-order valence-electron chi connectivity index (χ3n) is 2.26. The summed E-state index contributed by atoms with van der Waals surface area (Å²) in [5, 5.41) is 0. The van der Waals surface area contributed by atoms with Crippen LogP contribution in [0.25, 0.3) is 0 Å². The van der Waals surface area contributed by atoms with Crippen molar-refractivity contribution in [2.75, 3.05) is 13.1 Å². The van der Waals surface area contributed by atoms with Crippen molar-refractivity contribution < 1.29 is 13.9 Å². The zero-order valence-corrected chi connectivity index (χ0v) is 9.50. The molecule has 1 aliphatic heterocycles. The van der Waals surface area contributed by atoms with Crippen LogP contribution in [0.1, 0.15) is 27.2 Å². The van der Waals surface area contributed by atoms with Crippen LogP contribution in [0.5, 0.6) is 0 Å². The third kappa shape index (κ3) is 3.34. The molecule has 1 saturated heterocycles.